The Morgan fingerprint density at radius 2 is 1.66 bits per heavy atom. The predicted octanol–water partition coefficient (Wildman–Crippen LogP) is 3.97. The van der Waals surface area contributed by atoms with Crippen LogP contribution in [0.1, 0.15) is 55.6 Å². The maximum Gasteiger partial charge on any atom is 0.243 e. The summed E-state index contributed by atoms with van der Waals surface area (Å²) in [5.41, 5.74) is 1.67. The third-order valence-electron chi connectivity index (χ3n) is 6.93. The molecule has 2 aromatic carbocycles. The van der Waals surface area contributed by atoms with Gasteiger partial charge in [0, 0.05) is 31.2 Å². The number of ether oxygens (including phenoxy) is 1. The van der Waals surface area contributed by atoms with E-state index in [1.165, 1.54) is 0 Å². The summed E-state index contributed by atoms with van der Waals surface area (Å²) in [4.78, 5) is 15.4. The van der Waals surface area contributed by atoms with E-state index in [2.05, 4.69) is 43.1 Å². The van der Waals surface area contributed by atoms with E-state index in [0.29, 0.717) is 31.1 Å². The summed E-state index contributed by atoms with van der Waals surface area (Å²) in [5.74, 6) is 1.31. The van der Waals surface area contributed by atoms with Crippen molar-refractivity contribution in [3.8, 4) is 5.75 Å². The van der Waals surface area contributed by atoms with Crippen LogP contribution in [-0.4, -0.2) is 69.8 Å². The molecule has 8 heteroatoms. The molecule has 0 aromatic heterocycles. The Morgan fingerprint density at radius 3 is 2.20 bits per heavy atom. The minimum atomic E-state index is -3.52. The highest BCUT2D eigenvalue weighted by Crippen LogP contribution is 2.24. The van der Waals surface area contributed by atoms with Crippen molar-refractivity contribution < 1.29 is 17.9 Å². The minimum Gasteiger partial charge on any atom is -0.497 e. The minimum absolute atomic E-state index is 0.0613. The SMILES string of the molecule is CCN(CC)C(CNCC(=O)c1ccc(S(=O)(=O)N2CCC(C)CC2)cc1)c1ccc(OC)cc1. The Bertz CT molecular complexity index is 1040. The van der Waals surface area contributed by atoms with E-state index in [9.17, 15) is 13.2 Å². The third-order valence-corrected chi connectivity index (χ3v) is 8.85. The lowest BCUT2D eigenvalue weighted by molar-refractivity contribution is 0.0986. The molecule has 1 fully saturated rings. The first-order valence-electron chi connectivity index (χ1n) is 12.5. The van der Waals surface area contributed by atoms with E-state index < -0.39 is 10.0 Å². The van der Waals surface area contributed by atoms with E-state index >= 15 is 0 Å². The number of methoxy groups -OCH3 is 1. The van der Waals surface area contributed by atoms with Crippen LogP contribution in [0.2, 0.25) is 0 Å². The smallest absolute Gasteiger partial charge is 0.243 e. The predicted molar refractivity (Wildman–Crippen MR) is 139 cm³/mol. The Morgan fingerprint density at radius 1 is 1.06 bits per heavy atom. The van der Waals surface area contributed by atoms with Gasteiger partial charge in [-0.05, 0) is 61.7 Å². The average molecular weight is 502 g/mol. The Kier molecular flexibility index (Phi) is 9.86. The van der Waals surface area contributed by atoms with Crippen LogP contribution in [0.15, 0.2) is 53.4 Å². The van der Waals surface area contributed by atoms with Crippen molar-refractivity contribution in [2.24, 2.45) is 5.92 Å². The lowest BCUT2D eigenvalue weighted by Gasteiger charge is -2.30. The van der Waals surface area contributed by atoms with Gasteiger partial charge in [-0.15, -0.1) is 0 Å². The van der Waals surface area contributed by atoms with E-state index in [0.717, 1.165) is 37.2 Å². The van der Waals surface area contributed by atoms with Crippen molar-refractivity contribution in [1.82, 2.24) is 14.5 Å². The monoisotopic (exact) mass is 501 g/mol. The van der Waals surface area contributed by atoms with Gasteiger partial charge in [-0.1, -0.05) is 45.0 Å². The standard InChI is InChI=1S/C27H39N3O4S/c1-5-29(6-2)26(22-7-11-24(34-4)12-8-22)19-28-20-27(31)23-9-13-25(14-10-23)35(32,33)30-17-15-21(3)16-18-30/h7-14,21,26,28H,5-6,15-20H2,1-4H3. The first-order valence-corrected chi connectivity index (χ1v) is 14.0. The molecule has 1 atom stereocenters. The van der Waals surface area contributed by atoms with Crippen molar-refractivity contribution in [2.45, 2.75) is 44.6 Å². The van der Waals surface area contributed by atoms with Crippen LogP contribution in [0.3, 0.4) is 0 Å². The Hall–Kier alpha value is -2.26. The zero-order valence-corrected chi connectivity index (χ0v) is 22.2. The normalized spacial score (nSPS) is 16.4. The molecule has 1 saturated heterocycles. The fourth-order valence-corrected chi connectivity index (χ4v) is 6.03. The zero-order chi connectivity index (χ0) is 25.4. The third kappa shape index (κ3) is 6.91. The molecule has 1 aliphatic rings. The van der Waals surface area contributed by atoms with Crippen LogP contribution in [0, 0.1) is 5.92 Å². The summed E-state index contributed by atoms with van der Waals surface area (Å²) in [6.45, 7) is 10.1. The number of benzene rings is 2. The molecule has 0 bridgehead atoms. The molecule has 3 rings (SSSR count). The van der Waals surface area contributed by atoms with Crippen molar-refractivity contribution in [2.75, 3.05) is 46.4 Å². The molecule has 0 spiro atoms. The number of carbonyl (C=O) groups is 1. The first kappa shape index (κ1) is 27.3. The number of Topliss-reactive ketones (excluding diaryl/α,β-unsaturated/α-hetero) is 1. The van der Waals surface area contributed by atoms with Crippen LogP contribution < -0.4 is 10.1 Å². The number of nitrogens with zero attached hydrogens (tertiary/aromatic N) is 2. The maximum absolute atomic E-state index is 12.9. The summed E-state index contributed by atoms with van der Waals surface area (Å²) < 4.78 is 32.7. The van der Waals surface area contributed by atoms with Crippen LogP contribution in [0.5, 0.6) is 5.75 Å². The summed E-state index contributed by atoms with van der Waals surface area (Å²) in [6.07, 6.45) is 1.76. The summed E-state index contributed by atoms with van der Waals surface area (Å²) in [7, 11) is -1.86. The average Bonchev–Trinajstić information content (AvgIpc) is 2.88. The molecule has 0 radical (unpaired) electrons. The van der Waals surface area contributed by atoms with Gasteiger partial charge in [0.2, 0.25) is 10.0 Å². The molecule has 1 N–H and O–H groups in total. The number of piperidine rings is 1. The second-order valence-electron chi connectivity index (χ2n) is 9.18. The van der Waals surface area contributed by atoms with Gasteiger partial charge in [-0.3, -0.25) is 9.69 Å². The highest BCUT2D eigenvalue weighted by Gasteiger charge is 2.28. The van der Waals surface area contributed by atoms with Gasteiger partial charge in [-0.25, -0.2) is 8.42 Å². The molecule has 0 saturated carbocycles. The number of nitrogens with one attached hydrogen (secondary N) is 1. The number of hydrogen-bond donors (Lipinski definition) is 1. The Labute approximate surface area is 210 Å². The highest BCUT2D eigenvalue weighted by atomic mass is 32.2. The van der Waals surface area contributed by atoms with Gasteiger partial charge in [-0.2, -0.15) is 4.31 Å². The van der Waals surface area contributed by atoms with Crippen LogP contribution in [-0.2, 0) is 10.0 Å². The topological polar surface area (TPSA) is 79.0 Å². The second kappa shape index (κ2) is 12.6. The van der Waals surface area contributed by atoms with Gasteiger partial charge in [0.05, 0.1) is 18.6 Å². The molecule has 35 heavy (non-hydrogen) atoms. The number of carbonyl (C=O) groups excluding carboxylic acids is 1. The number of sulfonamides is 1. The molecule has 192 valence electrons. The number of ketones is 1. The van der Waals surface area contributed by atoms with Crippen molar-refractivity contribution >= 4 is 15.8 Å². The first-order chi connectivity index (χ1) is 16.8. The molecule has 1 aliphatic heterocycles. The van der Waals surface area contributed by atoms with Crippen LogP contribution in [0.25, 0.3) is 0 Å². The number of likely N-dealkylation sites (N-methyl/N-ethyl adjacent to an activating group) is 1. The second-order valence-corrected chi connectivity index (χ2v) is 11.1. The molecular formula is C27H39N3O4S. The van der Waals surface area contributed by atoms with Gasteiger partial charge in [0.15, 0.2) is 5.78 Å². The van der Waals surface area contributed by atoms with Crippen molar-refractivity contribution in [1.29, 1.82) is 0 Å². The molecule has 7 nitrogen and oxygen atoms in total. The van der Waals surface area contributed by atoms with Gasteiger partial charge in [0.1, 0.15) is 5.75 Å². The highest BCUT2D eigenvalue weighted by molar-refractivity contribution is 7.89. The summed E-state index contributed by atoms with van der Waals surface area (Å²) in [5, 5.41) is 3.31. The molecule has 2 aromatic rings. The van der Waals surface area contributed by atoms with E-state index in [4.69, 9.17) is 4.74 Å². The molecular weight excluding hydrogens is 462 g/mol. The van der Waals surface area contributed by atoms with E-state index in [1.807, 2.05) is 12.1 Å². The lowest BCUT2D eigenvalue weighted by atomic mass is 10.0. The fraction of sp³-hybridized carbons (Fsp3) is 0.519. The van der Waals surface area contributed by atoms with Crippen molar-refractivity contribution in [3.05, 3.63) is 59.7 Å². The quantitative estimate of drug-likeness (QED) is 0.444. The molecule has 1 heterocycles. The molecule has 0 amide bonds. The van der Waals surface area contributed by atoms with Gasteiger partial charge >= 0.3 is 0 Å². The van der Waals surface area contributed by atoms with Crippen LogP contribution in [0.4, 0.5) is 0 Å². The zero-order valence-electron chi connectivity index (χ0n) is 21.4. The number of hydrogen-bond acceptors (Lipinski definition) is 6. The van der Waals surface area contributed by atoms with Crippen molar-refractivity contribution in [3.63, 3.8) is 0 Å². The largest absolute Gasteiger partial charge is 0.497 e. The summed E-state index contributed by atoms with van der Waals surface area (Å²) in [6, 6.07) is 14.5. The maximum atomic E-state index is 12.9. The van der Waals surface area contributed by atoms with Gasteiger partial charge < -0.3 is 10.1 Å². The molecule has 1 unspecified atom stereocenters. The summed E-state index contributed by atoms with van der Waals surface area (Å²) >= 11 is 0. The van der Waals surface area contributed by atoms with E-state index in [-0.39, 0.29) is 23.3 Å². The van der Waals surface area contributed by atoms with E-state index in [1.54, 1.807) is 35.7 Å². The number of rotatable bonds is 12. The fourth-order valence-electron chi connectivity index (χ4n) is 4.56. The van der Waals surface area contributed by atoms with Crippen LogP contribution >= 0.6 is 0 Å². The Balaban J connectivity index is 1.61. The van der Waals surface area contributed by atoms with Gasteiger partial charge in [0.25, 0.3) is 0 Å². The molecule has 0 aliphatic carbocycles. The lowest BCUT2D eigenvalue weighted by Crippen LogP contribution is -2.38.